The molecule has 2 N–H and O–H groups in total. The molecule has 0 radical (unpaired) electrons. The van der Waals surface area contributed by atoms with E-state index in [-0.39, 0.29) is 12.2 Å². The molecule has 0 spiro atoms. The van der Waals surface area contributed by atoms with Crippen LogP contribution >= 0.6 is 0 Å². The van der Waals surface area contributed by atoms with Gasteiger partial charge in [-0.25, -0.2) is 18.0 Å². The predicted molar refractivity (Wildman–Crippen MR) is 76.6 cm³/mol. The number of sulfone groups is 1. The summed E-state index contributed by atoms with van der Waals surface area (Å²) < 4.78 is 27.7. The quantitative estimate of drug-likeness (QED) is 0.600. The van der Waals surface area contributed by atoms with E-state index in [9.17, 15) is 18.0 Å². The summed E-state index contributed by atoms with van der Waals surface area (Å²) in [5.74, 6) is -2.02. The van der Waals surface area contributed by atoms with Crippen molar-refractivity contribution in [2.45, 2.75) is 6.92 Å². The lowest BCUT2D eigenvalue weighted by atomic mass is 10.2. The molecule has 0 aliphatic carbocycles. The summed E-state index contributed by atoms with van der Waals surface area (Å²) in [6, 6.07) is 5.60. The van der Waals surface area contributed by atoms with Gasteiger partial charge in [0.15, 0.2) is 14.7 Å². The topological polar surface area (TPSA) is 110 Å². The number of hydrogen-bond donors (Lipinski definition) is 2. The molecule has 0 amide bonds. The minimum Gasteiger partial charge on any atom is -0.478 e. The summed E-state index contributed by atoms with van der Waals surface area (Å²) in [5.41, 5.74) is 0.531. The highest BCUT2D eigenvalue weighted by atomic mass is 32.2. The summed E-state index contributed by atoms with van der Waals surface area (Å²) in [6.45, 7) is 1.62. The van der Waals surface area contributed by atoms with Gasteiger partial charge in [-0.2, -0.15) is 0 Å². The normalized spacial score (nSPS) is 11.8. The zero-order chi connectivity index (χ0) is 16.0. The summed E-state index contributed by atoms with van der Waals surface area (Å²) in [7, 11) is -3.75. The fourth-order valence-electron chi connectivity index (χ4n) is 1.38. The van der Waals surface area contributed by atoms with Crippen molar-refractivity contribution in [3.8, 4) is 0 Å². The molecule has 1 aromatic rings. The number of esters is 1. The maximum absolute atomic E-state index is 11.6. The van der Waals surface area contributed by atoms with Crippen molar-refractivity contribution < 1.29 is 27.9 Å². The second-order valence-electron chi connectivity index (χ2n) is 4.03. The van der Waals surface area contributed by atoms with Crippen LogP contribution in [0.5, 0.6) is 0 Å². The minimum atomic E-state index is -3.75. The number of nitrogens with one attached hydrogen (secondary N) is 1. The highest BCUT2D eigenvalue weighted by Crippen LogP contribution is 2.12. The van der Waals surface area contributed by atoms with Crippen LogP contribution < -0.4 is 5.32 Å². The van der Waals surface area contributed by atoms with Crippen LogP contribution in [0.15, 0.2) is 35.4 Å². The number of aromatic carboxylic acids is 1. The molecule has 21 heavy (non-hydrogen) atoms. The van der Waals surface area contributed by atoms with Crippen molar-refractivity contribution in [2.24, 2.45) is 0 Å². The Labute approximate surface area is 122 Å². The van der Waals surface area contributed by atoms with Gasteiger partial charge in [-0.1, -0.05) is 0 Å². The zero-order valence-electron chi connectivity index (χ0n) is 11.5. The largest absolute Gasteiger partial charge is 0.478 e. The van der Waals surface area contributed by atoms with E-state index in [2.05, 4.69) is 10.1 Å². The molecular formula is C13H15NO6S. The van der Waals surface area contributed by atoms with Crippen LogP contribution in [0.1, 0.15) is 17.3 Å². The molecule has 0 saturated heterocycles. The van der Waals surface area contributed by atoms with Crippen LogP contribution in [0, 0.1) is 0 Å². The first-order valence-electron chi connectivity index (χ1n) is 5.93. The number of hydrogen-bond acceptors (Lipinski definition) is 6. The van der Waals surface area contributed by atoms with E-state index in [0.717, 1.165) is 12.5 Å². The highest BCUT2D eigenvalue weighted by Gasteiger charge is 2.21. The fourth-order valence-corrected chi connectivity index (χ4v) is 2.01. The number of ether oxygens (including phenoxy) is 1. The van der Waals surface area contributed by atoms with Crippen molar-refractivity contribution in [1.29, 1.82) is 0 Å². The predicted octanol–water partition coefficient (Wildman–Crippen LogP) is 1.25. The molecule has 0 bridgehead atoms. The van der Waals surface area contributed by atoms with Crippen LogP contribution in [0.4, 0.5) is 5.69 Å². The summed E-state index contributed by atoms with van der Waals surface area (Å²) in [5, 5.41) is 11.4. The monoisotopic (exact) mass is 313 g/mol. The van der Waals surface area contributed by atoms with E-state index in [4.69, 9.17) is 5.11 Å². The Kier molecular flexibility index (Phi) is 5.48. The van der Waals surface area contributed by atoms with Gasteiger partial charge in [0.25, 0.3) is 0 Å². The third-order valence-corrected chi connectivity index (χ3v) is 3.46. The van der Waals surface area contributed by atoms with Gasteiger partial charge < -0.3 is 15.2 Å². The van der Waals surface area contributed by atoms with Gasteiger partial charge in [-0.3, -0.25) is 0 Å². The molecule has 0 aliphatic rings. The number of carbonyl (C=O) groups excluding carboxylic acids is 1. The Morgan fingerprint density at radius 3 is 2.29 bits per heavy atom. The molecule has 8 heteroatoms. The molecule has 1 aromatic carbocycles. The second kappa shape index (κ2) is 6.89. The van der Waals surface area contributed by atoms with Crippen LogP contribution in [0.2, 0.25) is 0 Å². The molecule has 0 saturated carbocycles. The number of carbonyl (C=O) groups is 2. The molecule has 0 fully saturated rings. The zero-order valence-corrected chi connectivity index (χ0v) is 12.3. The molecular weight excluding hydrogens is 298 g/mol. The molecule has 0 aliphatic heterocycles. The number of anilines is 1. The van der Waals surface area contributed by atoms with Gasteiger partial charge in [0.05, 0.1) is 12.2 Å². The van der Waals surface area contributed by atoms with Gasteiger partial charge in [-0.15, -0.1) is 0 Å². The second-order valence-corrected chi connectivity index (χ2v) is 6.01. The Hall–Kier alpha value is -2.35. The SMILES string of the molecule is CCOC(=O)C(=CNc1ccc(C(=O)O)cc1)S(C)(=O)=O. The third kappa shape index (κ3) is 4.92. The smallest absolute Gasteiger partial charge is 0.351 e. The Bertz CT molecular complexity index is 660. The summed E-state index contributed by atoms with van der Waals surface area (Å²) >= 11 is 0. The van der Waals surface area contributed by atoms with Gasteiger partial charge in [0.2, 0.25) is 0 Å². The third-order valence-electron chi connectivity index (χ3n) is 2.38. The number of carboxylic acids is 1. The number of rotatable bonds is 6. The van der Waals surface area contributed by atoms with Crippen molar-refractivity contribution in [3.63, 3.8) is 0 Å². The maximum Gasteiger partial charge on any atom is 0.351 e. The van der Waals surface area contributed by atoms with E-state index in [0.29, 0.717) is 5.69 Å². The standard InChI is InChI=1S/C13H15NO6S/c1-3-20-13(17)11(21(2,18)19)8-14-10-6-4-9(5-7-10)12(15)16/h4-8,14H,3H2,1-2H3,(H,15,16). The fraction of sp³-hybridized carbons (Fsp3) is 0.231. The number of benzene rings is 1. The molecule has 114 valence electrons. The molecule has 1 rings (SSSR count). The van der Waals surface area contributed by atoms with E-state index in [1.807, 2.05) is 0 Å². The summed E-state index contributed by atoms with van der Waals surface area (Å²) in [6.07, 6.45) is 1.91. The average Bonchev–Trinajstić information content (AvgIpc) is 2.38. The molecule has 0 atom stereocenters. The Balaban J connectivity index is 2.97. The highest BCUT2D eigenvalue weighted by molar-refractivity contribution is 7.95. The van der Waals surface area contributed by atoms with Crippen molar-refractivity contribution in [2.75, 3.05) is 18.2 Å². The van der Waals surface area contributed by atoms with Crippen molar-refractivity contribution >= 4 is 27.5 Å². The van der Waals surface area contributed by atoms with Gasteiger partial charge >= 0.3 is 11.9 Å². The lowest BCUT2D eigenvalue weighted by Crippen LogP contribution is -2.16. The first-order valence-corrected chi connectivity index (χ1v) is 7.82. The van der Waals surface area contributed by atoms with E-state index < -0.39 is 26.7 Å². The molecule has 0 unspecified atom stereocenters. The molecule has 0 heterocycles. The maximum atomic E-state index is 11.6. The van der Waals surface area contributed by atoms with Crippen LogP contribution in [-0.4, -0.2) is 38.3 Å². The van der Waals surface area contributed by atoms with Crippen LogP contribution in [-0.2, 0) is 19.4 Å². The molecule has 0 aromatic heterocycles. The van der Waals surface area contributed by atoms with Crippen LogP contribution in [0.25, 0.3) is 0 Å². The van der Waals surface area contributed by atoms with E-state index in [1.165, 1.54) is 24.3 Å². The van der Waals surface area contributed by atoms with Crippen molar-refractivity contribution in [3.05, 3.63) is 40.9 Å². The summed E-state index contributed by atoms with van der Waals surface area (Å²) in [4.78, 5) is 21.8. The Morgan fingerprint density at radius 2 is 1.86 bits per heavy atom. The van der Waals surface area contributed by atoms with Gasteiger partial charge in [0.1, 0.15) is 0 Å². The lowest BCUT2D eigenvalue weighted by Gasteiger charge is -2.06. The van der Waals surface area contributed by atoms with Gasteiger partial charge in [-0.05, 0) is 31.2 Å². The average molecular weight is 313 g/mol. The van der Waals surface area contributed by atoms with E-state index in [1.54, 1.807) is 6.92 Å². The molecule has 7 nitrogen and oxygen atoms in total. The van der Waals surface area contributed by atoms with Crippen molar-refractivity contribution in [1.82, 2.24) is 0 Å². The van der Waals surface area contributed by atoms with Gasteiger partial charge in [0, 0.05) is 18.1 Å². The first kappa shape index (κ1) is 16.7. The lowest BCUT2D eigenvalue weighted by molar-refractivity contribution is -0.137. The minimum absolute atomic E-state index is 0.0546. The first-order chi connectivity index (χ1) is 9.75. The number of carboxylic acid groups (broad SMARTS) is 1. The Morgan fingerprint density at radius 1 is 1.29 bits per heavy atom. The van der Waals surface area contributed by atoms with Crippen LogP contribution in [0.3, 0.4) is 0 Å². The van der Waals surface area contributed by atoms with E-state index >= 15 is 0 Å².